The van der Waals surface area contributed by atoms with Gasteiger partial charge in [0.1, 0.15) is 13.2 Å². The van der Waals surface area contributed by atoms with Gasteiger partial charge in [0.05, 0.1) is 48.8 Å². The van der Waals surface area contributed by atoms with E-state index in [0.717, 1.165) is 33.9 Å². The molecule has 0 saturated carbocycles. The van der Waals surface area contributed by atoms with Crippen molar-refractivity contribution < 1.29 is 73.7 Å². The Balaban J connectivity index is 0.845. The van der Waals surface area contributed by atoms with Crippen LogP contribution in [-0.4, -0.2) is 133 Å². The van der Waals surface area contributed by atoms with Gasteiger partial charge in [0.15, 0.2) is 33.6 Å². The minimum atomic E-state index is -4.82. The Morgan fingerprint density at radius 3 is 1.94 bits per heavy atom. The third kappa shape index (κ3) is 13.2. The van der Waals surface area contributed by atoms with Gasteiger partial charge in [-0.15, -0.1) is 0 Å². The fourth-order valence-electron chi connectivity index (χ4n) is 10.9. The number of carbonyl (C=O) groups excluding carboxylic acids is 6. The summed E-state index contributed by atoms with van der Waals surface area (Å²) >= 11 is 0. The minimum Gasteiger partial charge on any atom is -0.493 e. The molecule has 85 heavy (non-hydrogen) atoms. The first-order valence-corrected chi connectivity index (χ1v) is 32.3. The van der Waals surface area contributed by atoms with Crippen LogP contribution in [0.5, 0.6) is 23.0 Å². The van der Waals surface area contributed by atoms with Gasteiger partial charge < -0.3 is 50.0 Å². The van der Waals surface area contributed by atoms with E-state index in [1.807, 2.05) is 43.0 Å². The number of methoxy groups -OCH3 is 2. The maximum Gasteiger partial charge on any atom is 0.288 e. The lowest BCUT2D eigenvalue weighted by Gasteiger charge is -2.27. The highest BCUT2D eigenvalue weighted by atomic mass is 33.1. The summed E-state index contributed by atoms with van der Waals surface area (Å²) in [5, 5.41) is 8.30. The van der Waals surface area contributed by atoms with E-state index in [1.165, 1.54) is 52.8 Å². The molecule has 23 nitrogen and oxygen atoms in total. The molecule has 0 spiro atoms. The molecule has 0 aliphatic carbocycles. The van der Waals surface area contributed by atoms with Crippen LogP contribution in [0.4, 0.5) is 28.4 Å². The molecule has 27 heteroatoms. The highest BCUT2D eigenvalue weighted by Crippen LogP contribution is 2.45. The summed E-state index contributed by atoms with van der Waals surface area (Å²) < 4.78 is 94.7. The summed E-state index contributed by atoms with van der Waals surface area (Å²) in [7, 11) is -4.12. The van der Waals surface area contributed by atoms with Crippen molar-refractivity contribution in [3.8, 4) is 23.0 Å². The van der Waals surface area contributed by atoms with Crippen LogP contribution in [0.15, 0.2) is 103 Å². The monoisotopic (exact) mass is 1240 g/mol. The van der Waals surface area contributed by atoms with E-state index in [0.29, 0.717) is 64.6 Å². The van der Waals surface area contributed by atoms with Crippen molar-refractivity contribution in [2.75, 3.05) is 65.4 Å². The summed E-state index contributed by atoms with van der Waals surface area (Å²) in [6, 6.07) is 25.2. The SMILES string of the molecule is COc1cc2c(cc1OCc1cc(COc3cc4c(cc3OC)C(=O)N3c5ccccc5C[C@H]3CN4)cc(NC(=O)CCC(C)(C)SSCCC(C(=O)NCCN3C(=O)C=CC3=O)S(=O)(=O)O)c1)NC(S(=O)(=O)O)C1Cc3ccccc3N1C2=O. The first-order chi connectivity index (χ1) is 40.5. The molecule has 0 fully saturated rings. The van der Waals surface area contributed by atoms with Gasteiger partial charge in [0.25, 0.3) is 43.9 Å². The molecule has 0 bridgehead atoms. The van der Waals surface area contributed by atoms with E-state index in [-0.39, 0.29) is 91.9 Å². The number of hydrogen-bond acceptors (Lipinski definition) is 18. The van der Waals surface area contributed by atoms with E-state index >= 15 is 0 Å². The summed E-state index contributed by atoms with van der Waals surface area (Å²) in [4.78, 5) is 83.0. The summed E-state index contributed by atoms with van der Waals surface area (Å²) in [5.41, 5.74) is 5.82. The number of ether oxygens (including phenoxy) is 4. The molecular formula is C58H61N7O16S4. The summed E-state index contributed by atoms with van der Waals surface area (Å²) in [5.74, 6) is -2.14. The van der Waals surface area contributed by atoms with Crippen LogP contribution in [-0.2, 0) is 65.5 Å². The molecule has 6 N–H and O–H groups in total. The number of benzene rings is 5. The second kappa shape index (κ2) is 24.6. The quantitative estimate of drug-likeness (QED) is 0.0173. The predicted molar refractivity (Wildman–Crippen MR) is 321 cm³/mol. The Bertz CT molecular complexity index is 3770. The third-order valence-corrected chi connectivity index (χ3v) is 20.7. The average molecular weight is 1240 g/mol. The fourth-order valence-corrected chi connectivity index (χ4v) is 15.4. The summed E-state index contributed by atoms with van der Waals surface area (Å²) in [6.45, 7) is 3.66. The second-order valence-electron chi connectivity index (χ2n) is 21.4. The number of imide groups is 1. The lowest BCUT2D eigenvalue weighted by atomic mass is 10.1. The molecule has 0 radical (unpaired) electrons. The Morgan fingerprint density at radius 1 is 0.753 bits per heavy atom. The van der Waals surface area contributed by atoms with Crippen LogP contribution in [0.3, 0.4) is 0 Å². The van der Waals surface area contributed by atoms with E-state index in [1.54, 1.807) is 54.6 Å². The second-order valence-corrected chi connectivity index (χ2v) is 27.6. The number of nitrogens with zero attached hydrogens (tertiary/aromatic N) is 3. The zero-order valence-electron chi connectivity index (χ0n) is 46.5. The summed E-state index contributed by atoms with van der Waals surface area (Å²) in [6.07, 6.45) is 3.15. The largest absolute Gasteiger partial charge is 0.493 e. The number of amides is 6. The molecular weight excluding hydrogens is 1180 g/mol. The van der Waals surface area contributed by atoms with E-state index in [2.05, 4.69) is 21.3 Å². The third-order valence-electron chi connectivity index (χ3n) is 15.1. The van der Waals surface area contributed by atoms with Gasteiger partial charge in [-0.05, 0) is 104 Å². The van der Waals surface area contributed by atoms with Crippen LogP contribution in [0, 0.1) is 0 Å². The zero-order chi connectivity index (χ0) is 60.5. The van der Waals surface area contributed by atoms with Crippen LogP contribution in [0.1, 0.15) is 76.1 Å². The molecule has 448 valence electrons. The van der Waals surface area contributed by atoms with Gasteiger partial charge >= 0.3 is 0 Å². The molecule has 0 saturated heterocycles. The van der Waals surface area contributed by atoms with E-state index in [9.17, 15) is 54.7 Å². The normalized spacial score (nSPS) is 18.1. The molecule has 5 aromatic carbocycles. The van der Waals surface area contributed by atoms with Crippen molar-refractivity contribution in [2.24, 2.45) is 0 Å². The number of anilines is 5. The standard InChI is InChI=1S/C58H61N7O16S4/c1-58(2,83-82-20-16-50(84(72,73)74)54(69)59-18-19-63-52(67)13-14-53(63)68)17-15-51(66)61-37-22-33(31-80-48-28-41-39(26-46(48)78-3)56(70)64-38(30-60-41)24-35-9-5-7-11-43(35)64)21-34(23-37)32-81-49-29-42-40(27-47(49)79-4)57(71)65-44-12-8-6-10-36(44)25-45(65)55(62-42)85(75,76)77/h5-14,21-23,26-29,38,45,50,55,60,62H,15-20,24-25,30-32H2,1-4H3,(H,59,69)(H,61,66)(H,72,73,74)(H,75,76,77)/t38-,45?,50?,55?/m0/s1. The Kier molecular flexibility index (Phi) is 17.5. The highest BCUT2D eigenvalue weighted by molar-refractivity contribution is 8.77. The predicted octanol–water partition coefficient (Wildman–Crippen LogP) is 6.64. The maximum absolute atomic E-state index is 14.3. The molecule has 10 rings (SSSR count). The fraction of sp³-hybridized carbons (Fsp3) is 0.345. The molecule has 5 heterocycles. The maximum atomic E-state index is 14.3. The molecule has 6 amide bonds. The van der Waals surface area contributed by atoms with Gasteiger partial charge in [-0.25, -0.2) is 0 Å². The van der Waals surface area contributed by atoms with Crippen LogP contribution < -0.4 is 50.0 Å². The topological polar surface area (TPSA) is 306 Å². The number of carbonyl (C=O) groups is 6. The Hall–Kier alpha value is -7.82. The van der Waals surface area contributed by atoms with Crippen molar-refractivity contribution in [1.82, 2.24) is 10.2 Å². The molecule has 5 aliphatic heterocycles. The molecule has 4 atom stereocenters. The van der Waals surface area contributed by atoms with Gasteiger partial charge in [-0.1, -0.05) is 58.0 Å². The minimum absolute atomic E-state index is 0.0368. The van der Waals surface area contributed by atoms with Gasteiger partial charge in [-0.3, -0.25) is 42.8 Å². The number of fused-ring (bicyclic) bond motifs is 8. The lowest BCUT2D eigenvalue weighted by Crippen LogP contribution is -2.49. The van der Waals surface area contributed by atoms with Crippen molar-refractivity contribution >= 4 is 106 Å². The van der Waals surface area contributed by atoms with Crippen molar-refractivity contribution in [3.05, 3.63) is 137 Å². The van der Waals surface area contributed by atoms with Gasteiger partial charge in [0, 0.05) is 77.9 Å². The van der Waals surface area contributed by atoms with Crippen molar-refractivity contribution in [3.63, 3.8) is 0 Å². The first kappa shape index (κ1) is 60.3. The van der Waals surface area contributed by atoms with Gasteiger partial charge in [-0.2, -0.15) is 16.8 Å². The number of para-hydroxylation sites is 2. The van der Waals surface area contributed by atoms with Crippen molar-refractivity contribution in [2.45, 2.75) is 86.6 Å². The van der Waals surface area contributed by atoms with Crippen LogP contribution in [0.2, 0.25) is 0 Å². The van der Waals surface area contributed by atoms with Crippen molar-refractivity contribution in [1.29, 1.82) is 0 Å². The van der Waals surface area contributed by atoms with Gasteiger partial charge in [0.2, 0.25) is 11.8 Å². The Morgan fingerprint density at radius 2 is 1.33 bits per heavy atom. The first-order valence-electron chi connectivity index (χ1n) is 27.0. The van der Waals surface area contributed by atoms with E-state index < -0.39 is 65.3 Å². The zero-order valence-corrected chi connectivity index (χ0v) is 49.8. The number of nitrogens with one attached hydrogen (secondary N) is 4. The number of rotatable bonds is 23. The average Bonchev–Trinajstić information content (AvgIpc) is 1.78. The molecule has 5 aliphatic rings. The lowest BCUT2D eigenvalue weighted by molar-refractivity contribution is -0.137. The highest BCUT2D eigenvalue weighted by Gasteiger charge is 2.47. The molecule has 0 aromatic heterocycles. The number of hydrogen-bond donors (Lipinski definition) is 6. The smallest absolute Gasteiger partial charge is 0.288 e. The van der Waals surface area contributed by atoms with Crippen LogP contribution >= 0.6 is 21.6 Å². The molecule has 3 unspecified atom stereocenters. The van der Waals surface area contributed by atoms with Crippen LogP contribution in [0.25, 0.3) is 0 Å². The Labute approximate surface area is 498 Å². The van der Waals surface area contributed by atoms with E-state index in [4.69, 9.17) is 18.9 Å². The molecule has 5 aromatic rings.